The molecule has 1 unspecified atom stereocenters. The van der Waals surface area contributed by atoms with Crippen molar-refractivity contribution in [2.75, 3.05) is 6.54 Å². The maximum atomic E-state index is 13.5. The van der Waals surface area contributed by atoms with Crippen LogP contribution in [0, 0.1) is 5.92 Å². The Morgan fingerprint density at radius 1 is 1.11 bits per heavy atom. The van der Waals surface area contributed by atoms with Gasteiger partial charge in [0.05, 0.1) is 17.8 Å². The predicted octanol–water partition coefficient (Wildman–Crippen LogP) is 0.256. The Hall–Kier alpha value is -4.02. The van der Waals surface area contributed by atoms with E-state index in [1.807, 2.05) is 30.3 Å². The number of benzene rings is 1. The number of amides is 4. The van der Waals surface area contributed by atoms with Crippen molar-refractivity contribution in [2.45, 2.75) is 57.7 Å². The minimum Gasteiger partial charge on any atom is -0.356 e. The molecule has 11 heteroatoms. The first-order chi connectivity index (χ1) is 17.4. The van der Waals surface area contributed by atoms with Crippen molar-refractivity contribution in [2.24, 2.45) is 13.0 Å². The van der Waals surface area contributed by atoms with Gasteiger partial charge in [-0.1, -0.05) is 30.3 Å². The highest BCUT2D eigenvalue weighted by molar-refractivity contribution is 6.38. The Morgan fingerprint density at radius 2 is 1.81 bits per heavy atom. The number of hydrogen-bond acceptors (Lipinski definition) is 6. The number of aromatic nitrogens is 2. The van der Waals surface area contributed by atoms with E-state index in [0.717, 1.165) is 5.56 Å². The summed E-state index contributed by atoms with van der Waals surface area (Å²) in [6.45, 7) is 5.67. The van der Waals surface area contributed by atoms with E-state index in [0.29, 0.717) is 13.0 Å². The number of ketones is 1. The van der Waals surface area contributed by atoms with E-state index in [1.54, 1.807) is 27.8 Å². The number of nitrogens with zero attached hydrogens (tertiary/aromatic N) is 2. The fraction of sp³-hybridized carbons (Fsp3) is 0.462. The first kappa shape index (κ1) is 27.6. The van der Waals surface area contributed by atoms with Crippen LogP contribution in [0.3, 0.4) is 0 Å². The fourth-order valence-corrected chi connectivity index (χ4v) is 4.06. The van der Waals surface area contributed by atoms with Crippen LogP contribution >= 0.6 is 0 Å². The molecule has 1 saturated heterocycles. The highest BCUT2D eigenvalue weighted by Gasteiger charge is 2.36. The van der Waals surface area contributed by atoms with E-state index in [-0.39, 0.29) is 24.3 Å². The lowest BCUT2D eigenvalue weighted by molar-refractivity contribution is -0.141. The molecule has 2 aromatic rings. The van der Waals surface area contributed by atoms with Crippen LogP contribution in [0.4, 0.5) is 0 Å². The van der Waals surface area contributed by atoms with Crippen molar-refractivity contribution in [3.63, 3.8) is 0 Å². The van der Waals surface area contributed by atoms with Crippen LogP contribution in [0.25, 0.3) is 0 Å². The number of aryl methyl sites for hydroxylation is 1. The second-order valence-corrected chi connectivity index (χ2v) is 10.3. The standard InChI is InChI=1S/C26H34N6O5/c1-26(2,3)31-25(37)21(33)19(13-17-10-11-27-22(17)34)29-24(36)20(12-16-8-6-5-7-9-16)30-23(35)18-14-28-32(4)15-18/h5-9,14-15,17,19-20H,10-13H2,1-4H3,(H,27,34)(H,29,36)(H,30,35)(H,31,37)/t17-,19?,20-/m0/s1. The summed E-state index contributed by atoms with van der Waals surface area (Å²) >= 11 is 0. The second kappa shape index (κ2) is 11.8. The third kappa shape index (κ3) is 7.99. The minimum absolute atomic E-state index is 0.0252. The van der Waals surface area contributed by atoms with E-state index in [9.17, 15) is 24.0 Å². The number of nitrogens with one attached hydrogen (secondary N) is 4. The van der Waals surface area contributed by atoms with Crippen molar-refractivity contribution in [3.8, 4) is 0 Å². The first-order valence-corrected chi connectivity index (χ1v) is 12.2. The molecule has 3 rings (SSSR count). The minimum atomic E-state index is -1.24. The molecule has 37 heavy (non-hydrogen) atoms. The summed E-state index contributed by atoms with van der Waals surface area (Å²) in [6.07, 6.45) is 3.52. The molecule has 0 saturated carbocycles. The molecule has 198 valence electrons. The van der Waals surface area contributed by atoms with Crippen LogP contribution in [0.15, 0.2) is 42.7 Å². The summed E-state index contributed by atoms with van der Waals surface area (Å²) in [6, 6.07) is 6.81. The SMILES string of the molecule is Cn1cc(C(=O)N[C@@H](Cc2ccccc2)C(=O)NC(C[C@@H]2CCNC2=O)C(=O)C(=O)NC(C)(C)C)cn1. The molecule has 11 nitrogen and oxygen atoms in total. The van der Waals surface area contributed by atoms with Crippen molar-refractivity contribution in [1.29, 1.82) is 0 Å². The average Bonchev–Trinajstić information content (AvgIpc) is 3.45. The molecule has 2 heterocycles. The second-order valence-electron chi connectivity index (χ2n) is 10.3. The molecule has 1 aliphatic rings. The summed E-state index contributed by atoms with van der Waals surface area (Å²) < 4.78 is 1.47. The van der Waals surface area contributed by atoms with Crippen molar-refractivity contribution in [1.82, 2.24) is 31.0 Å². The topological polar surface area (TPSA) is 151 Å². The van der Waals surface area contributed by atoms with Gasteiger partial charge in [0.2, 0.25) is 17.6 Å². The zero-order valence-corrected chi connectivity index (χ0v) is 21.5. The van der Waals surface area contributed by atoms with Gasteiger partial charge in [-0.05, 0) is 39.2 Å². The van der Waals surface area contributed by atoms with Gasteiger partial charge < -0.3 is 21.3 Å². The molecule has 1 fully saturated rings. The zero-order valence-electron chi connectivity index (χ0n) is 21.5. The molecule has 1 aromatic carbocycles. The Labute approximate surface area is 215 Å². The summed E-state index contributed by atoms with van der Waals surface area (Å²) in [5.74, 6) is -3.59. The number of rotatable bonds is 10. The molecular formula is C26H34N6O5. The van der Waals surface area contributed by atoms with Gasteiger partial charge in [-0.2, -0.15) is 5.10 Å². The lowest BCUT2D eigenvalue weighted by atomic mass is 9.94. The van der Waals surface area contributed by atoms with Crippen LogP contribution in [0.1, 0.15) is 49.5 Å². The Bertz CT molecular complexity index is 1150. The van der Waals surface area contributed by atoms with E-state index in [2.05, 4.69) is 26.4 Å². The number of Topliss-reactive ketones (excluding diaryl/α,β-unsaturated/α-hetero) is 1. The lowest BCUT2D eigenvalue weighted by Crippen LogP contribution is -2.56. The molecule has 0 bridgehead atoms. The van der Waals surface area contributed by atoms with Gasteiger partial charge in [-0.3, -0.25) is 28.7 Å². The fourth-order valence-electron chi connectivity index (χ4n) is 4.06. The molecule has 1 aliphatic heterocycles. The average molecular weight is 511 g/mol. The van der Waals surface area contributed by atoms with Gasteiger partial charge in [0.25, 0.3) is 11.8 Å². The number of carbonyl (C=O) groups is 5. The van der Waals surface area contributed by atoms with Crippen LogP contribution in [0.2, 0.25) is 0 Å². The van der Waals surface area contributed by atoms with Gasteiger partial charge >= 0.3 is 0 Å². The van der Waals surface area contributed by atoms with Crippen LogP contribution in [0.5, 0.6) is 0 Å². The summed E-state index contributed by atoms with van der Waals surface area (Å²) in [5, 5.41) is 14.7. The third-order valence-corrected chi connectivity index (χ3v) is 5.90. The lowest BCUT2D eigenvalue weighted by Gasteiger charge is -2.26. The monoisotopic (exact) mass is 510 g/mol. The van der Waals surface area contributed by atoms with E-state index in [4.69, 9.17) is 0 Å². The van der Waals surface area contributed by atoms with E-state index in [1.165, 1.54) is 17.1 Å². The molecule has 0 spiro atoms. The van der Waals surface area contributed by atoms with Gasteiger partial charge in [0, 0.05) is 37.7 Å². The maximum absolute atomic E-state index is 13.5. The molecule has 4 N–H and O–H groups in total. The normalized spacial score (nSPS) is 16.9. The zero-order chi connectivity index (χ0) is 27.2. The van der Waals surface area contributed by atoms with Gasteiger partial charge in [0.1, 0.15) is 6.04 Å². The molecule has 0 radical (unpaired) electrons. The van der Waals surface area contributed by atoms with Gasteiger partial charge in [-0.15, -0.1) is 0 Å². The molecule has 4 amide bonds. The van der Waals surface area contributed by atoms with E-state index >= 15 is 0 Å². The van der Waals surface area contributed by atoms with E-state index < -0.39 is 47.0 Å². The van der Waals surface area contributed by atoms with Crippen molar-refractivity contribution < 1.29 is 24.0 Å². The van der Waals surface area contributed by atoms with Crippen LogP contribution < -0.4 is 21.3 Å². The van der Waals surface area contributed by atoms with Gasteiger partial charge in [0.15, 0.2) is 0 Å². The molecule has 1 aromatic heterocycles. The molecule has 3 atom stereocenters. The number of hydrogen-bond donors (Lipinski definition) is 4. The van der Waals surface area contributed by atoms with Crippen LogP contribution in [-0.4, -0.2) is 63.4 Å². The summed E-state index contributed by atoms with van der Waals surface area (Å²) in [4.78, 5) is 64.3. The largest absolute Gasteiger partial charge is 0.356 e. The highest BCUT2D eigenvalue weighted by Crippen LogP contribution is 2.17. The molecular weight excluding hydrogens is 476 g/mol. The Kier molecular flexibility index (Phi) is 8.80. The van der Waals surface area contributed by atoms with Crippen molar-refractivity contribution >= 4 is 29.4 Å². The summed E-state index contributed by atoms with van der Waals surface area (Å²) in [7, 11) is 1.67. The quantitative estimate of drug-likeness (QED) is 0.337. The third-order valence-electron chi connectivity index (χ3n) is 5.90. The van der Waals surface area contributed by atoms with Crippen LogP contribution in [-0.2, 0) is 32.6 Å². The van der Waals surface area contributed by atoms with Gasteiger partial charge in [-0.25, -0.2) is 0 Å². The molecule has 0 aliphatic carbocycles. The maximum Gasteiger partial charge on any atom is 0.290 e. The smallest absolute Gasteiger partial charge is 0.290 e. The highest BCUT2D eigenvalue weighted by atomic mass is 16.2. The number of carbonyl (C=O) groups excluding carboxylic acids is 5. The predicted molar refractivity (Wildman–Crippen MR) is 135 cm³/mol. The van der Waals surface area contributed by atoms with Crippen molar-refractivity contribution in [3.05, 3.63) is 53.9 Å². The summed E-state index contributed by atoms with van der Waals surface area (Å²) in [5.41, 5.74) is 0.394. The Balaban J connectivity index is 1.83. The Morgan fingerprint density at radius 3 is 2.38 bits per heavy atom. The first-order valence-electron chi connectivity index (χ1n) is 12.2.